The van der Waals surface area contributed by atoms with Crippen LogP contribution in [0.25, 0.3) is 11.6 Å². The van der Waals surface area contributed by atoms with Crippen molar-refractivity contribution < 1.29 is 9.90 Å². The van der Waals surface area contributed by atoms with Crippen LogP contribution in [0, 0.1) is 6.92 Å². The Hall–Kier alpha value is -2.72. The van der Waals surface area contributed by atoms with Gasteiger partial charge in [0.1, 0.15) is 0 Å². The second kappa shape index (κ2) is 8.59. The van der Waals surface area contributed by atoms with E-state index in [1.165, 1.54) is 24.5 Å². The van der Waals surface area contributed by atoms with Crippen molar-refractivity contribution in [1.82, 2.24) is 9.88 Å². The molecular formula is C22H24N2O2. The SMILES string of the molecule is Cc1ccc(/C(=C/CN2CCCC2)c2cccc(/C=C/C(=O)O)n2)cc1. The van der Waals surface area contributed by atoms with Crippen molar-refractivity contribution in [3.05, 3.63) is 77.1 Å². The molecule has 0 aliphatic carbocycles. The first-order valence-electron chi connectivity index (χ1n) is 9.00. The van der Waals surface area contributed by atoms with Gasteiger partial charge < -0.3 is 5.11 Å². The smallest absolute Gasteiger partial charge is 0.328 e. The molecule has 1 N–H and O–H groups in total. The maximum atomic E-state index is 10.8. The third-order valence-electron chi connectivity index (χ3n) is 4.56. The summed E-state index contributed by atoms with van der Waals surface area (Å²) in [4.78, 5) is 17.9. The van der Waals surface area contributed by atoms with Crippen molar-refractivity contribution in [3.63, 3.8) is 0 Å². The van der Waals surface area contributed by atoms with Gasteiger partial charge in [-0.15, -0.1) is 0 Å². The minimum absolute atomic E-state index is 0.643. The van der Waals surface area contributed by atoms with Gasteiger partial charge in [0.25, 0.3) is 0 Å². The number of rotatable bonds is 6. The molecule has 1 aromatic heterocycles. The van der Waals surface area contributed by atoms with E-state index in [9.17, 15) is 4.79 Å². The number of pyridine rings is 1. The molecule has 3 rings (SSSR count). The highest BCUT2D eigenvalue weighted by Gasteiger charge is 2.12. The number of aliphatic carboxylic acids is 1. The minimum atomic E-state index is -0.972. The highest BCUT2D eigenvalue weighted by molar-refractivity contribution is 5.85. The maximum absolute atomic E-state index is 10.8. The second-order valence-electron chi connectivity index (χ2n) is 6.61. The van der Waals surface area contributed by atoms with Gasteiger partial charge in [0.05, 0.1) is 11.4 Å². The van der Waals surface area contributed by atoms with Crippen molar-refractivity contribution in [2.75, 3.05) is 19.6 Å². The number of carboxylic acids is 1. The molecule has 2 aromatic rings. The van der Waals surface area contributed by atoms with Gasteiger partial charge in [-0.25, -0.2) is 9.78 Å². The third-order valence-corrected chi connectivity index (χ3v) is 4.56. The molecule has 0 bridgehead atoms. The van der Waals surface area contributed by atoms with E-state index in [4.69, 9.17) is 5.11 Å². The van der Waals surface area contributed by atoms with E-state index in [-0.39, 0.29) is 0 Å². The molecule has 1 saturated heterocycles. The van der Waals surface area contributed by atoms with Crippen molar-refractivity contribution in [2.45, 2.75) is 19.8 Å². The zero-order chi connectivity index (χ0) is 18.4. The monoisotopic (exact) mass is 348 g/mol. The van der Waals surface area contributed by atoms with Gasteiger partial charge in [0.2, 0.25) is 0 Å². The average Bonchev–Trinajstić information content (AvgIpc) is 3.15. The Bertz CT molecular complexity index is 816. The van der Waals surface area contributed by atoms with Crippen LogP contribution in [-0.4, -0.2) is 40.6 Å². The van der Waals surface area contributed by atoms with Crippen molar-refractivity contribution in [3.8, 4) is 0 Å². The Morgan fingerprint density at radius 1 is 1.15 bits per heavy atom. The Balaban J connectivity index is 1.94. The van der Waals surface area contributed by atoms with Crippen LogP contribution in [0.1, 0.15) is 35.4 Å². The molecule has 0 spiro atoms. The summed E-state index contributed by atoms with van der Waals surface area (Å²) in [5, 5.41) is 8.83. The summed E-state index contributed by atoms with van der Waals surface area (Å²) >= 11 is 0. The van der Waals surface area contributed by atoms with Gasteiger partial charge in [-0.05, 0) is 56.6 Å². The van der Waals surface area contributed by atoms with Crippen LogP contribution in [-0.2, 0) is 4.79 Å². The maximum Gasteiger partial charge on any atom is 0.328 e. The third kappa shape index (κ3) is 4.90. The minimum Gasteiger partial charge on any atom is -0.478 e. The molecule has 0 unspecified atom stereocenters. The summed E-state index contributed by atoms with van der Waals surface area (Å²) < 4.78 is 0. The van der Waals surface area contributed by atoms with Crippen LogP contribution in [0.3, 0.4) is 0 Å². The van der Waals surface area contributed by atoms with Gasteiger partial charge in [-0.2, -0.15) is 0 Å². The number of nitrogens with zero attached hydrogens (tertiary/aromatic N) is 2. The standard InChI is InChI=1S/C22H24N2O2/c1-17-7-9-18(10-8-17)20(13-16-24-14-2-3-15-24)21-6-4-5-19(23-21)11-12-22(25)26/h4-13H,2-3,14-16H2,1H3,(H,25,26)/b12-11+,20-13-. The number of hydrogen-bond donors (Lipinski definition) is 1. The molecule has 26 heavy (non-hydrogen) atoms. The lowest BCUT2D eigenvalue weighted by atomic mass is 10.00. The number of likely N-dealkylation sites (tertiary alicyclic amines) is 1. The van der Waals surface area contributed by atoms with Crippen LogP contribution in [0.5, 0.6) is 0 Å². The fraction of sp³-hybridized carbons (Fsp3) is 0.273. The van der Waals surface area contributed by atoms with Gasteiger partial charge >= 0.3 is 5.97 Å². The summed E-state index contributed by atoms with van der Waals surface area (Å²) in [6, 6.07) is 14.2. The van der Waals surface area contributed by atoms with Gasteiger partial charge in [0.15, 0.2) is 0 Å². The topological polar surface area (TPSA) is 53.4 Å². The quantitative estimate of drug-likeness (QED) is 0.801. The lowest BCUT2D eigenvalue weighted by Gasteiger charge is -2.14. The van der Waals surface area contributed by atoms with Gasteiger partial charge in [-0.3, -0.25) is 4.90 Å². The second-order valence-corrected chi connectivity index (χ2v) is 6.61. The van der Waals surface area contributed by atoms with E-state index in [0.29, 0.717) is 5.69 Å². The molecule has 4 nitrogen and oxygen atoms in total. The van der Waals surface area contributed by atoms with Crippen molar-refractivity contribution in [2.24, 2.45) is 0 Å². The van der Waals surface area contributed by atoms with Crippen LogP contribution in [0.2, 0.25) is 0 Å². The molecule has 0 radical (unpaired) electrons. The van der Waals surface area contributed by atoms with E-state index >= 15 is 0 Å². The van der Waals surface area contributed by atoms with E-state index < -0.39 is 5.97 Å². The summed E-state index contributed by atoms with van der Waals surface area (Å²) in [5.74, 6) is -0.972. The summed E-state index contributed by atoms with van der Waals surface area (Å²) in [6.45, 7) is 5.27. The zero-order valence-corrected chi connectivity index (χ0v) is 15.1. The van der Waals surface area contributed by atoms with Gasteiger partial charge in [-0.1, -0.05) is 42.0 Å². The fourth-order valence-corrected chi connectivity index (χ4v) is 3.14. The molecule has 0 amide bonds. The van der Waals surface area contributed by atoms with E-state index in [0.717, 1.165) is 42.5 Å². The number of aryl methyl sites for hydroxylation is 1. The van der Waals surface area contributed by atoms with Crippen LogP contribution in [0.15, 0.2) is 54.6 Å². The first-order chi connectivity index (χ1) is 12.6. The number of carboxylic acid groups (broad SMARTS) is 1. The zero-order valence-electron chi connectivity index (χ0n) is 15.1. The Morgan fingerprint density at radius 3 is 2.58 bits per heavy atom. The number of benzene rings is 1. The predicted octanol–water partition coefficient (Wildman–Crippen LogP) is 4.02. The molecule has 4 heteroatoms. The van der Waals surface area contributed by atoms with Crippen molar-refractivity contribution >= 4 is 17.6 Å². The molecule has 134 valence electrons. The summed E-state index contributed by atoms with van der Waals surface area (Å²) in [5.41, 5.74) is 4.94. The largest absolute Gasteiger partial charge is 0.478 e. The molecule has 0 atom stereocenters. The summed E-state index contributed by atoms with van der Waals surface area (Å²) in [7, 11) is 0. The van der Waals surface area contributed by atoms with Crippen LogP contribution >= 0.6 is 0 Å². The van der Waals surface area contributed by atoms with Crippen LogP contribution < -0.4 is 0 Å². The van der Waals surface area contributed by atoms with Crippen molar-refractivity contribution in [1.29, 1.82) is 0 Å². The predicted molar refractivity (Wildman–Crippen MR) is 105 cm³/mol. The Morgan fingerprint density at radius 2 is 1.88 bits per heavy atom. The van der Waals surface area contributed by atoms with E-state index in [1.807, 2.05) is 18.2 Å². The normalized spacial score (nSPS) is 15.7. The number of hydrogen-bond acceptors (Lipinski definition) is 3. The molecule has 1 aliphatic rings. The highest BCUT2D eigenvalue weighted by Crippen LogP contribution is 2.23. The molecule has 1 fully saturated rings. The molecule has 1 aromatic carbocycles. The van der Waals surface area contributed by atoms with Gasteiger partial charge in [0, 0.05) is 18.2 Å². The average molecular weight is 348 g/mol. The molecular weight excluding hydrogens is 324 g/mol. The summed E-state index contributed by atoms with van der Waals surface area (Å²) in [6.07, 6.45) is 7.41. The van der Waals surface area contributed by atoms with Crippen LogP contribution in [0.4, 0.5) is 0 Å². The number of carbonyl (C=O) groups is 1. The van der Waals surface area contributed by atoms with E-state index in [2.05, 4.69) is 47.1 Å². The molecule has 2 heterocycles. The fourth-order valence-electron chi connectivity index (χ4n) is 3.14. The molecule has 1 aliphatic heterocycles. The first-order valence-corrected chi connectivity index (χ1v) is 9.00. The highest BCUT2D eigenvalue weighted by atomic mass is 16.4. The lowest BCUT2D eigenvalue weighted by Crippen LogP contribution is -2.19. The van der Waals surface area contributed by atoms with E-state index in [1.54, 1.807) is 0 Å². The lowest BCUT2D eigenvalue weighted by molar-refractivity contribution is -0.131. The number of aromatic nitrogens is 1. The first kappa shape index (κ1) is 18.1. The Kier molecular flexibility index (Phi) is 5.97. The Labute approximate surface area is 154 Å². The molecule has 0 saturated carbocycles.